The van der Waals surface area contributed by atoms with Crippen molar-refractivity contribution in [2.45, 2.75) is 19.4 Å². The molecule has 1 aliphatic heterocycles. The molecule has 0 unspecified atom stereocenters. The first kappa shape index (κ1) is 19.9. The Hall–Kier alpha value is -3.88. The Balaban J connectivity index is 1.53. The molecule has 3 rings (SSSR count). The lowest BCUT2D eigenvalue weighted by atomic mass is 9.94. The van der Waals surface area contributed by atoms with E-state index in [0.29, 0.717) is 0 Å². The maximum absolute atomic E-state index is 12.3. The number of esters is 1. The molecule has 1 aliphatic rings. The van der Waals surface area contributed by atoms with Crippen LogP contribution in [0.3, 0.4) is 0 Å². The second-order valence-electron chi connectivity index (χ2n) is 6.23. The summed E-state index contributed by atoms with van der Waals surface area (Å²) in [5, 5.41) is 0. The van der Waals surface area contributed by atoms with E-state index >= 15 is 0 Å². The first-order valence-corrected chi connectivity index (χ1v) is 8.80. The van der Waals surface area contributed by atoms with Gasteiger partial charge in [-0.1, -0.05) is 24.3 Å². The molecule has 0 radical (unpaired) electrons. The molecule has 1 aromatic heterocycles. The van der Waals surface area contributed by atoms with Crippen LogP contribution in [0.15, 0.2) is 53.3 Å². The highest BCUT2D eigenvalue weighted by Gasteiger charge is 2.29. The van der Waals surface area contributed by atoms with Crippen molar-refractivity contribution in [3.05, 3.63) is 65.7 Å². The average Bonchev–Trinajstić information content (AvgIpc) is 3.25. The predicted molar refractivity (Wildman–Crippen MR) is 101 cm³/mol. The zero-order valence-electron chi connectivity index (χ0n) is 15.6. The van der Waals surface area contributed by atoms with Gasteiger partial charge in [0.25, 0.3) is 5.91 Å². The van der Waals surface area contributed by atoms with Gasteiger partial charge in [0.05, 0.1) is 18.7 Å². The fourth-order valence-electron chi connectivity index (χ4n) is 2.91. The average molecular weight is 397 g/mol. The lowest BCUT2D eigenvalue weighted by molar-refractivity contribution is -0.150. The van der Waals surface area contributed by atoms with Gasteiger partial charge in [0.1, 0.15) is 0 Å². The maximum atomic E-state index is 12.3. The van der Waals surface area contributed by atoms with Gasteiger partial charge < -0.3 is 14.1 Å². The minimum Gasteiger partial charge on any atom is -0.459 e. The third-order valence-electron chi connectivity index (χ3n) is 4.25. The topological polar surface area (TPSA) is 118 Å². The summed E-state index contributed by atoms with van der Waals surface area (Å²) in [7, 11) is 0. The molecule has 2 aromatic rings. The fourth-order valence-corrected chi connectivity index (χ4v) is 2.91. The number of furan rings is 1. The van der Waals surface area contributed by atoms with Crippen LogP contribution in [0.25, 0.3) is 6.08 Å². The summed E-state index contributed by atoms with van der Waals surface area (Å²) < 4.78 is 9.87. The molecular weight excluding hydrogens is 378 g/mol. The molecule has 150 valence electrons. The first-order chi connectivity index (χ1) is 14.0. The van der Waals surface area contributed by atoms with E-state index in [2.05, 4.69) is 10.9 Å². The minimum atomic E-state index is -0.717. The van der Waals surface area contributed by atoms with Crippen LogP contribution in [0.4, 0.5) is 0 Å². The van der Waals surface area contributed by atoms with Gasteiger partial charge >= 0.3 is 11.9 Å². The zero-order valence-corrected chi connectivity index (χ0v) is 15.6. The van der Waals surface area contributed by atoms with Gasteiger partial charge in [-0.25, -0.2) is 0 Å². The van der Waals surface area contributed by atoms with E-state index in [-0.39, 0.29) is 18.1 Å². The minimum absolute atomic E-state index is 0.0237. The first-order valence-electron chi connectivity index (χ1n) is 8.80. The van der Waals surface area contributed by atoms with E-state index in [9.17, 15) is 19.2 Å². The number of nitrogens with one attached hydrogen (secondary N) is 2. The van der Waals surface area contributed by atoms with Gasteiger partial charge in [-0.2, -0.15) is 0 Å². The monoisotopic (exact) mass is 397 g/mol. The van der Waals surface area contributed by atoms with Crippen LogP contribution >= 0.6 is 0 Å². The number of nitrogens with zero attached hydrogens (tertiary/aromatic N) is 1. The second kappa shape index (κ2) is 8.87. The van der Waals surface area contributed by atoms with E-state index < -0.39 is 30.4 Å². The molecule has 9 nitrogen and oxygen atoms in total. The van der Waals surface area contributed by atoms with Gasteiger partial charge in [0.2, 0.25) is 5.91 Å². The SMILES string of the molecule is CC(=O)N1C=Cc2ccccc2[C@H]1CC(=O)OCC(=O)NNC(=O)c1ccco1. The second-order valence-corrected chi connectivity index (χ2v) is 6.23. The Bertz CT molecular complexity index is 951. The summed E-state index contributed by atoms with van der Waals surface area (Å²) in [6.07, 6.45) is 4.63. The number of benzene rings is 1. The Morgan fingerprint density at radius 2 is 1.90 bits per heavy atom. The van der Waals surface area contributed by atoms with Gasteiger partial charge in [-0.3, -0.25) is 30.0 Å². The molecule has 0 aliphatic carbocycles. The molecule has 2 N–H and O–H groups in total. The number of hydrogen-bond acceptors (Lipinski definition) is 6. The van der Waals surface area contributed by atoms with Crippen LogP contribution in [-0.2, 0) is 19.1 Å². The third-order valence-corrected chi connectivity index (χ3v) is 4.25. The van der Waals surface area contributed by atoms with E-state index in [4.69, 9.17) is 9.15 Å². The van der Waals surface area contributed by atoms with E-state index in [0.717, 1.165) is 11.1 Å². The van der Waals surface area contributed by atoms with Crippen molar-refractivity contribution in [2.75, 3.05) is 6.61 Å². The van der Waals surface area contributed by atoms with E-state index in [1.54, 1.807) is 12.3 Å². The van der Waals surface area contributed by atoms with E-state index in [1.807, 2.05) is 24.3 Å². The Kier molecular flexibility index (Phi) is 6.08. The van der Waals surface area contributed by atoms with Crippen molar-refractivity contribution < 1.29 is 28.3 Å². The number of hydrogen-bond donors (Lipinski definition) is 2. The lowest BCUT2D eigenvalue weighted by Gasteiger charge is -2.32. The van der Waals surface area contributed by atoms with E-state index in [1.165, 1.54) is 30.2 Å². The number of hydrazine groups is 1. The number of fused-ring (bicyclic) bond motifs is 1. The summed E-state index contributed by atoms with van der Waals surface area (Å²) in [5.74, 6) is -2.20. The van der Waals surface area contributed by atoms with Crippen molar-refractivity contribution in [3.63, 3.8) is 0 Å². The molecule has 0 saturated carbocycles. The van der Waals surface area contributed by atoms with Crippen LogP contribution < -0.4 is 10.9 Å². The van der Waals surface area contributed by atoms with Crippen LogP contribution in [-0.4, -0.2) is 35.2 Å². The van der Waals surface area contributed by atoms with Crippen molar-refractivity contribution in [1.29, 1.82) is 0 Å². The van der Waals surface area contributed by atoms with Crippen molar-refractivity contribution in [2.24, 2.45) is 0 Å². The molecule has 29 heavy (non-hydrogen) atoms. The Labute approximate surface area is 166 Å². The van der Waals surface area contributed by atoms with Crippen molar-refractivity contribution >= 4 is 29.8 Å². The number of carbonyl (C=O) groups is 4. The summed E-state index contributed by atoms with van der Waals surface area (Å²) in [6.45, 7) is 0.827. The molecular formula is C20H19N3O6. The number of amides is 3. The van der Waals surface area contributed by atoms with Crippen molar-refractivity contribution in [3.8, 4) is 0 Å². The number of carbonyl (C=O) groups excluding carboxylic acids is 4. The molecule has 0 fully saturated rings. The molecule has 0 spiro atoms. The summed E-state index contributed by atoms with van der Waals surface area (Å²) in [6, 6.07) is 9.84. The zero-order chi connectivity index (χ0) is 20.8. The van der Waals surface area contributed by atoms with Crippen molar-refractivity contribution in [1.82, 2.24) is 15.8 Å². The maximum Gasteiger partial charge on any atom is 0.308 e. The molecule has 2 heterocycles. The largest absolute Gasteiger partial charge is 0.459 e. The van der Waals surface area contributed by atoms with Gasteiger partial charge in [-0.05, 0) is 29.3 Å². The highest BCUT2D eigenvalue weighted by molar-refractivity contribution is 5.93. The third kappa shape index (κ3) is 4.89. The van der Waals surface area contributed by atoms with Crippen LogP contribution in [0.1, 0.15) is 41.1 Å². The van der Waals surface area contributed by atoms with Crippen LogP contribution in [0, 0.1) is 0 Å². The van der Waals surface area contributed by atoms with Gasteiger partial charge in [0.15, 0.2) is 12.4 Å². The fraction of sp³-hybridized carbons (Fsp3) is 0.200. The van der Waals surface area contributed by atoms with Crippen LogP contribution in [0.2, 0.25) is 0 Å². The molecule has 9 heteroatoms. The smallest absolute Gasteiger partial charge is 0.308 e. The highest BCUT2D eigenvalue weighted by Crippen LogP contribution is 2.32. The number of ether oxygens (including phenoxy) is 1. The number of rotatable bonds is 5. The quantitative estimate of drug-likeness (QED) is 0.584. The van der Waals surface area contributed by atoms with Gasteiger partial charge in [0, 0.05) is 13.1 Å². The molecule has 1 atom stereocenters. The Morgan fingerprint density at radius 1 is 1.10 bits per heavy atom. The van der Waals surface area contributed by atoms with Crippen LogP contribution in [0.5, 0.6) is 0 Å². The lowest BCUT2D eigenvalue weighted by Crippen LogP contribution is -2.43. The summed E-state index contributed by atoms with van der Waals surface area (Å²) in [5.41, 5.74) is 5.98. The highest BCUT2D eigenvalue weighted by atomic mass is 16.5. The molecule has 0 bridgehead atoms. The molecule has 0 saturated heterocycles. The van der Waals surface area contributed by atoms with Gasteiger partial charge in [-0.15, -0.1) is 0 Å². The predicted octanol–water partition coefficient (Wildman–Crippen LogP) is 1.55. The summed E-state index contributed by atoms with van der Waals surface area (Å²) >= 11 is 0. The molecule has 3 amide bonds. The standard InChI is InChI=1S/C20H19N3O6/c1-13(24)23-9-8-14-5-2-3-6-15(14)16(23)11-19(26)29-12-18(25)21-22-20(27)17-7-4-10-28-17/h2-10,16H,11-12H2,1H3,(H,21,25)(H,22,27)/t16-/m1/s1. The molecule has 1 aromatic carbocycles. The Morgan fingerprint density at radius 3 is 2.62 bits per heavy atom. The normalized spacial score (nSPS) is 14.7. The summed E-state index contributed by atoms with van der Waals surface area (Å²) in [4.78, 5) is 49.1.